The van der Waals surface area contributed by atoms with Crippen LogP contribution >= 0.6 is 0 Å². The standard InChI is InChI=1S/C13H15N3O3/c1-19-10-2-3-12(17)11(8-10)13(18)15-5-7-16-6-4-14-9-16/h2-4,6,8-9,17H,5,7H2,1H3,(H,15,18). The van der Waals surface area contributed by atoms with E-state index in [2.05, 4.69) is 10.3 Å². The van der Waals surface area contributed by atoms with Crippen LogP contribution in [0.3, 0.4) is 0 Å². The van der Waals surface area contributed by atoms with Crippen LogP contribution in [-0.2, 0) is 6.54 Å². The van der Waals surface area contributed by atoms with Gasteiger partial charge in [-0.2, -0.15) is 0 Å². The Labute approximate surface area is 110 Å². The molecule has 1 aromatic heterocycles. The molecule has 1 heterocycles. The van der Waals surface area contributed by atoms with Crippen LogP contribution in [0.1, 0.15) is 10.4 Å². The molecule has 0 spiro atoms. The van der Waals surface area contributed by atoms with E-state index in [1.807, 2.05) is 10.8 Å². The van der Waals surface area contributed by atoms with Crippen molar-refractivity contribution in [2.24, 2.45) is 0 Å². The second-order valence-corrected chi connectivity index (χ2v) is 3.94. The second-order valence-electron chi connectivity index (χ2n) is 3.94. The van der Waals surface area contributed by atoms with E-state index >= 15 is 0 Å². The predicted octanol–water partition coefficient (Wildman–Crippen LogP) is 1.03. The monoisotopic (exact) mass is 261 g/mol. The van der Waals surface area contributed by atoms with Gasteiger partial charge in [-0.1, -0.05) is 0 Å². The van der Waals surface area contributed by atoms with Gasteiger partial charge < -0.3 is 19.7 Å². The minimum absolute atomic E-state index is 0.0686. The van der Waals surface area contributed by atoms with E-state index in [0.29, 0.717) is 18.8 Å². The first-order chi connectivity index (χ1) is 9.20. The number of carbonyl (C=O) groups excluding carboxylic acids is 1. The molecular weight excluding hydrogens is 246 g/mol. The smallest absolute Gasteiger partial charge is 0.255 e. The molecule has 19 heavy (non-hydrogen) atoms. The van der Waals surface area contributed by atoms with E-state index in [1.54, 1.807) is 18.6 Å². The number of ether oxygens (including phenoxy) is 1. The Morgan fingerprint density at radius 2 is 2.37 bits per heavy atom. The summed E-state index contributed by atoms with van der Waals surface area (Å²) in [5.41, 5.74) is 0.199. The van der Waals surface area contributed by atoms with Crippen LogP contribution in [0.15, 0.2) is 36.9 Å². The number of hydrogen-bond donors (Lipinski definition) is 2. The molecule has 2 aromatic rings. The summed E-state index contributed by atoms with van der Waals surface area (Å²) in [4.78, 5) is 15.8. The number of carbonyl (C=O) groups is 1. The van der Waals surface area contributed by atoms with Crippen molar-refractivity contribution in [3.05, 3.63) is 42.5 Å². The first-order valence-electron chi connectivity index (χ1n) is 5.81. The predicted molar refractivity (Wildman–Crippen MR) is 69.2 cm³/mol. The Balaban J connectivity index is 1.95. The molecule has 0 radical (unpaired) electrons. The van der Waals surface area contributed by atoms with E-state index in [0.717, 1.165) is 0 Å². The van der Waals surface area contributed by atoms with Crippen LogP contribution in [0, 0.1) is 0 Å². The van der Waals surface area contributed by atoms with E-state index in [1.165, 1.54) is 19.2 Å². The molecule has 0 aliphatic rings. The van der Waals surface area contributed by atoms with Gasteiger partial charge in [0.05, 0.1) is 19.0 Å². The maximum atomic E-state index is 11.9. The number of benzene rings is 1. The summed E-state index contributed by atoms with van der Waals surface area (Å²) >= 11 is 0. The SMILES string of the molecule is COc1ccc(O)c(C(=O)NCCn2ccnc2)c1. The molecular formula is C13H15N3O3. The largest absolute Gasteiger partial charge is 0.507 e. The Bertz CT molecular complexity index is 552. The number of nitrogens with one attached hydrogen (secondary N) is 1. The Morgan fingerprint density at radius 3 is 3.05 bits per heavy atom. The third kappa shape index (κ3) is 3.25. The van der Waals surface area contributed by atoms with E-state index in [-0.39, 0.29) is 17.2 Å². The lowest BCUT2D eigenvalue weighted by Gasteiger charge is -2.08. The Kier molecular flexibility index (Phi) is 4.02. The molecule has 0 unspecified atom stereocenters. The molecule has 0 bridgehead atoms. The third-order valence-corrected chi connectivity index (χ3v) is 2.66. The van der Waals surface area contributed by atoms with Crippen molar-refractivity contribution in [1.82, 2.24) is 14.9 Å². The highest BCUT2D eigenvalue weighted by Crippen LogP contribution is 2.22. The fraction of sp³-hybridized carbons (Fsp3) is 0.231. The van der Waals surface area contributed by atoms with Crippen LogP contribution < -0.4 is 10.1 Å². The van der Waals surface area contributed by atoms with Crippen LogP contribution in [-0.4, -0.2) is 34.2 Å². The Morgan fingerprint density at radius 1 is 1.53 bits per heavy atom. The van der Waals surface area contributed by atoms with Gasteiger partial charge in [0.25, 0.3) is 5.91 Å². The van der Waals surface area contributed by atoms with Crippen molar-refractivity contribution in [2.75, 3.05) is 13.7 Å². The Hall–Kier alpha value is -2.50. The number of aromatic hydroxyl groups is 1. The van der Waals surface area contributed by atoms with Crippen molar-refractivity contribution in [2.45, 2.75) is 6.54 Å². The quantitative estimate of drug-likeness (QED) is 0.842. The van der Waals surface area contributed by atoms with Gasteiger partial charge >= 0.3 is 0 Å². The van der Waals surface area contributed by atoms with Gasteiger partial charge in [-0.3, -0.25) is 4.79 Å². The van der Waals surface area contributed by atoms with E-state index in [9.17, 15) is 9.90 Å². The highest BCUT2D eigenvalue weighted by atomic mass is 16.5. The molecule has 0 aliphatic heterocycles. The lowest BCUT2D eigenvalue weighted by molar-refractivity contribution is 0.0949. The first-order valence-corrected chi connectivity index (χ1v) is 5.81. The minimum Gasteiger partial charge on any atom is -0.507 e. The molecule has 1 amide bonds. The number of methoxy groups -OCH3 is 1. The van der Waals surface area contributed by atoms with Crippen molar-refractivity contribution in [1.29, 1.82) is 0 Å². The fourth-order valence-corrected chi connectivity index (χ4v) is 1.64. The zero-order valence-electron chi connectivity index (χ0n) is 10.5. The maximum Gasteiger partial charge on any atom is 0.255 e. The third-order valence-electron chi connectivity index (χ3n) is 2.66. The lowest BCUT2D eigenvalue weighted by Crippen LogP contribution is -2.27. The number of rotatable bonds is 5. The molecule has 6 nitrogen and oxygen atoms in total. The van der Waals surface area contributed by atoms with Gasteiger partial charge in [-0.25, -0.2) is 4.98 Å². The summed E-state index contributed by atoms with van der Waals surface area (Å²) in [7, 11) is 1.51. The number of hydrogen-bond acceptors (Lipinski definition) is 4. The highest BCUT2D eigenvalue weighted by molar-refractivity contribution is 5.97. The second kappa shape index (κ2) is 5.90. The van der Waals surface area contributed by atoms with Crippen LogP contribution in [0.2, 0.25) is 0 Å². The summed E-state index contributed by atoms with van der Waals surface area (Å²) in [6.07, 6.45) is 5.17. The normalized spacial score (nSPS) is 10.2. The lowest BCUT2D eigenvalue weighted by atomic mass is 10.1. The number of amides is 1. The molecule has 1 aromatic carbocycles. The zero-order valence-corrected chi connectivity index (χ0v) is 10.5. The average Bonchev–Trinajstić information content (AvgIpc) is 2.92. The van der Waals surface area contributed by atoms with Crippen molar-refractivity contribution < 1.29 is 14.6 Å². The minimum atomic E-state index is -0.337. The molecule has 6 heteroatoms. The molecule has 100 valence electrons. The summed E-state index contributed by atoms with van der Waals surface area (Å²) in [5.74, 6) is 0.120. The van der Waals surface area contributed by atoms with Crippen molar-refractivity contribution in [3.63, 3.8) is 0 Å². The van der Waals surface area contributed by atoms with Crippen LogP contribution in [0.25, 0.3) is 0 Å². The van der Waals surface area contributed by atoms with Crippen LogP contribution in [0.4, 0.5) is 0 Å². The number of imidazole rings is 1. The van der Waals surface area contributed by atoms with Gasteiger partial charge in [0.1, 0.15) is 11.5 Å². The molecule has 0 saturated carbocycles. The first kappa shape index (κ1) is 12.9. The van der Waals surface area contributed by atoms with Gasteiger partial charge in [0, 0.05) is 25.5 Å². The highest BCUT2D eigenvalue weighted by Gasteiger charge is 2.11. The summed E-state index contributed by atoms with van der Waals surface area (Å²) in [6.45, 7) is 1.07. The fourth-order valence-electron chi connectivity index (χ4n) is 1.64. The van der Waals surface area contributed by atoms with Gasteiger partial charge in [0.2, 0.25) is 0 Å². The summed E-state index contributed by atoms with van der Waals surface area (Å²) in [5, 5.41) is 12.4. The van der Waals surface area contributed by atoms with Gasteiger partial charge in [-0.15, -0.1) is 0 Å². The molecule has 0 aliphatic carbocycles. The number of phenols is 1. The molecule has 0 fully saturated rings. The van der Waals surface area contributed by atoms with Crippen molar-refractivity contribution >= 4 is 5.91 Å². The van der Waals surface area contributed by atoms with E-state index < -0.39 is 0 Å². The van der Waals surface area contributed by atoms with Crippen LogP contribution in [0.5, 0.6) is 11.5 Å². The summed E-state index contributed by atoms with van der Waals surface area (Å²) < 4.78 is 6.87. The average molecular weight is 261 g/mol. The van der Waals surface area contributed by atoms with E-state index in [4.69, 9.17) is 4.74 Å². The van der Waals surface area contributed by atoms with Gasteiger partial charge in [-0.05, 0) is 18.2 Å². The number of phenolic OH excluding ortho intramolecular Hbond substituents is 1. The molecule has 0 saturated heterocycles. The molecule has 2 rings (SSSR count). The van der Waals surface area contributed by atoms with Gasteiger partial charge in [0.15, 0.2) is 0 Å². The topological polar surface area (TPSA) is 76.4 Å². The van der Waals surface area contributed by atoms with Crippen molar-refractivity contribution in [3.8, 4) is 11.5 Å². The summed E-state index contributed by atoms with van der Waals surface area (Å²) in [6, 6.07) is 4.53. The number of nitrogens with zero attached hydrogens (tertiary/aromatic N) is 2. The molecule has 2 N–H and O–H groups in total. The maximum absolute atomic E-state index is 11.9. The molecule has 0 atom stereocenters. The zero-order chi connectivity index (χ0) is 13.7. The number of aromatic nitrogens is 2.